The topological polar surface area (TPSA) is 47.0 Å². The Bertz CT molecular complexity index is 880. The van der Waals surface area contributed by atoms with Crippen LogP contribution in [0.3, 0.4) is 0 Å². The Hall–Kier alpha value is -2.60. The lowest BCUT2D eigenvalue weighted by Crippen LogP contribution is -2.56. The predicted octanol–water partition coefficient (Wildman–Crippen LogP) is 3.27. The first kappa shape index (κ1) is 19.7. The van der Waals surface area contributed by atoms with Crippen molar-refractivity contribution in [3.63, 3.8) is 0 Å². The van der Waals surface area contributed by atoms with Crippen LogP contribution in [-0.4, -0.2) is 66.1 Å². The summed E-state index contributed by atoms with van der Waals surface area (Å²) < 4.78 is 14.1. The van der Waals surface area contributed by atoms with E-state index >= 15 is 0 Å². The number of aromatic hydroxyl groups is 1. The molecule has 0 bridgehead atoms. The predicted molar refractivity (Wildman–Crippen MR) is 112 cm³/mol. The van der Waals surface area contributed by atoms with Gasteiger partial charge in [0.25, 0.3) is 5.91 Å². The van der Waals surface area contributed by atoms with E-state index in [0.29, 0.717) is 29.4 Å². The highest BCUT2D eigenvalue weighted by atomic mass is 19.1. The van der Waals surface area contributed by atoms with E-state index in [2.05, 4.69) is 9.80 Å². The van der Waals surface area contributed by atoms with Gasteiger partial charge in [-0.05, 0) is 44.0 Å². The number of rotatable bonds is 3. The second-order valence-corrected chi connectivity index (χ2v) is 7.97. The SMILES string of the molecule is Cc1c(O)cccc1C(=O)N1CCCC(N2CCN(c3ccccc3F)CC2)C1. The Morgan fingerprint density at radius 1 is 1.03 bits per heavy atom. The quantitative estimate of drug-likeness (QED) is 0.864. The number of hydrogen-bond acceptors (Lipinski definition) is 4. The van der Waals surface area contributed by atoms with Gasteiger partial charge in [-0.3, -0.25) is 9.69 Å². The molecule has 1 atom stereocenters. The van der Waals surface area contributed by atoms with Crippen molar-refractivity contribution in [2.45, 2.75) is 25.8 Å². The van der Waals surface area contributed by atoms with Crippen molar-refractivity contribution in [3.05, 3.63) is 59.4 Å². The first-order chi connectivity index (χ1) is 14.0. The molecule has 1 N–H and O–H groups in total. The summed E-state index contributed by atoms with van der Waals surface area (Å²) in [5.74, 6) is -0.0151. The molecule has 5 nitrogen and oxygen atoms in total. The number of amides is 1. The molecule has 1 amide bonds. The van der Waals surface area contributed by atoms with E-state index in [4.69, 9.17) is 0 Å². The Balaban J connectivity index is 1.39. The Morgan fingerprint density at radius 3 is 2.55 bits per heavy atom. The molecule has 2 fully saturated rings. The molecule has 2 aromatic carbocycles. The van der Waals surface area contributed by atoms with E-state index in [0.717, 1.165) is 45.6 Å². The lowest BCUT2D eigenvalue weighted by atomic mass is 10.0. The number of piperidine rings is 1. The molecule has 2 aromatic rings. The highest BCUT2D eigenvalue weighted by Crippen LogP contribution is 2.25. The number of anilines is 1. The number of benzene rings is 2. The van der Waals surface area contributed by atoms with Gasteiger partial charge in [-0.2, -0.15) is 0 Å². The van der Waals surface area contributed by atoms with Gasteiger partial charge in [0, 0.05) is 56.4 Å². The zero-order chi connectivity index (χ0) is 20.4. The average molecular weight is 397 g/mol. The van der Waals surface area contributed by atoms with Gasteiger partial charge < -0.3 is 14.9 Å². The fraction of sp³-hybridized carbons (Fsp3) is 0.435. The lowest BCUT2D eigenvalue weighted by molar-refractivity contribution is 0.0562. The maximum absolute atomic E-state index is 14.1. The number of carbonyl (C=O) groups is 1. The van der Waals surface area contributed by atoms with Crippen LogP contribution in [0.15, 0.2) is 42.5 Å². The Kier molecular flexibility index (Phi) is 5.72. The molecule has 6 heteroatoms. The zero-order valence-corrected chi connectivity index (χ0v) is 16.9. The van der Waals surface area contributed by atoms with Gasteiger partial charge in [-0.15, -0.1) is 0 Å². The zero-order valence-electron chi connectivity index (χ0n) is 16.9. The van der Waals surface area contributed by atoms with Crippen LogP contribution in [0.4, 0.5) is 10.1 Å². The minimum absolute atomic E-state index is 0.00640. The summed E-state index contributed by atoms with van der Waals surface area (Å²) in [7, 11) is 0. The average Bonchev–Trinajstić information content (AvgIpc) is 2.76. The summed E-state index contributed by atoms with van der Waals surface area (Å²) in [5.41, 5.74) is 1.89. The van der Waals surface area contributed by atoms with Crippen LogP contribution in [0.25, 0.3) is 0 Å². The number of hydrogen-bond donors (Lipinski definition) is 1. The summed E-state index contributed by atoms with van der Waals surface area (Å²) in [5, 5.41) is 9.93. The normalized spacial score (nSPS) is 20.7. The van der Waals surface area contributed by atoms with Crippen molar-refractivity contribution in [1.82, 2.24) is 9.80 Å². The summed E-state index contributed by atoms with van der Waals surface area (Å²) in [6.07, 6.45) is 2.05. The van der Waals surface area contributed by atoms with Crippen LogP contribution in [0.5, 0.6) is 5.75 Å². The van der Waals surface area contributed by atoms with Crippen LogP contribution in [-0.2, 0) is 0 Å². The maximum atomic E-state index is 14.1. The Labute approximate surface area is 171 Å². The largest absolute Gasteiger partial charge is 0.508 e. The number of piperazine rings is 1. The van der Waals surface area contributed by atoms with Gasteiger partial charge in [0.1, 0.15) is 11.6 Å². The molecule has 2 aliphatic rings. The molecule has 0 aliphatic carbocycles. The van der Waals surface area contributed by atoms with Crippen LogP contribution in [0.1, 0.15) is 28.8 Å². The molecule has 0 spiro atoms. The Morgan fingerprint density at radius 2 is 1.79 bits per heavy atom. The number of phenols is 1. The van der Waals surface area contributed by atoms with Gasteiger partial charge in [0.05, 0.1) is 5.69 Å². The van der Waals surface area contributed by atoms with E-state index in [9.17, 15) is 14.3 Å². The molecular formula is C23H28FN3O2. The third-order valence-corrected chi connectivity index (χ3v) is 6.24. The van der Waals surface area contributed by atoms with E-state index in [1.807, 2.05) is 17.0 Å². The fourth-order valence-electron chi connectivity index (χ4n) is 4.50. The molecule has 0 radical (unpaired) electrons. The summed E-state index contributed by atoms with van der Waals surface area (Å²) >= 11 is 0. The van der Waals surface area contributed by atoms with Crippen molar-refractivity contribution in [2.75, 3.05) is 44.2 Å². The van der Waals surface area contributed by atoms with Gasteiger partial charge >= 0.3 is 0 Å². The molecule has 4 rings (SSSR count). The van der Waals surface area contributed by atoms with E-state index in [-0.39, 0.29) is 17.5 Å². The van der Waals surface area contributed by atoms with Gasteiger partial charge in [-0.1, -0.05) is 18.2 Å². The van der Waals surface area contributed by atoms with E-state index in [1.54, 1.807) is 31.2 Å². The highest BCUT2D eigenvalue weighted by molar-refractivity contribution is 5.96. The monoisotopic (exact) mass is 397 g/mol. The summed E-state index contributed by atoms with van der Waals surface area (Å²) in [6, 6.07) is 12.4. The van der Waals surface area contributed by atoms with Crippen molar-refractivity contribution in [3.8, 4) is 5.75 Å². The molecule has 29 heavy (non-hydrogen) atoms. The van der Waals surface area contributed by atoms with Gasteiger partial charge in [0.15, 0.2) is 0 Å². The van der Waals surface area contributed by atoms with Crippen LogP contribution >= 0.6 is 0 Å². The summed E-state index contributed by atoms with van der Waals surface area (Å²) in [6.45, 7) is 6.55. The van der Waals surface area contributed by atoms with Crippen LogP contribution in [0, 0.1) is 12.7 Å². The number of nitrogens with zero attached hydrogens (tertiary/aromatic N) is 3. The summed E-state index contributed by atoms with van der Waals surface area (Å²) in [4.78, 5) is 19.5. The number of likely N-dealkylation sites (tertiary alicyclic amines) is 1. The minimum atomic E-state index is -0.170. The molecule has 2 saturated heterocycles. The van der Waals surface area contributed by atoms with Crippen molar-refractivity contribution in [2.24, 2.45) is 0 Å². The minimum Gasteiger partial charge on any atom is -0.508 e. The second kappa shape index (κ2) is 8.41. The number of phenolic OH excluding ortho intramolecular Hbond substituents is 1. The van der Waals surface area contributed by atoms with Crippen molar-refractivity contribution in [1.29, 1.82) is 0 Å². The van der Waals surface area contributed by atoms with E-state index in [1.165, 1.54) is 6.07 Å². The smallest absolute Gasteiger partial charge is 0.254 e. The van der Waals surface area contributed by atoms with Gasteiger partial charge in [-0.25, -0.2) is 4.39 Å². The van der Waals surface area contributed by atoms with E-state index < -0.39 is 0 Å². The molecule has 0 aromatic heterocycles. The molecule has 1 unspecified atom stereocenters. The number of carbonyl (C=O) groups excluding carboxylic acids is 1. The molecule has 2 heterocycles. The standard InChI is InChI=1S/C23H28FN3O2/c1-17-19(7-4-10-22(17)28)23(29)27-11-5-6-18(16-27)25-12-14-26(15-13-25)21-9-3-2-8-20(21)24/h2-4,7-10,18,28H,5-6,11-16H2,1H3. The number of para-hydroxylation sites is 1. The first-order valence-corrected chi connectivity index (χ1v) is 10.4. The van der Waals surface area contributed by atoms with Crippen LogP contribution in [0.2, 0.25) is 0 Å². The van der Waals surface area contributed by atoms with Crippen molar-refractivity contribution >= 4 is 11.6 Å². The van der Waals surface area contributed by atoms with Crippen molar-refractivity contribution < 1.29 is 14.3 Å². The van der Waals surface area contributed by atoms with Gasteiger partial charge in [0.2, 0.25) is 0 Å². The number of halogens is 1. The third-order valence-electron chi connectivity index (χ3n) is 6.24. The van der Waals surface area contributed by atoms with Crippen LogP contribution < -0.4 is 4.90 Å². The highest BCUT2D eigenvalue weighted by Gasteiger charge is 2.31. The molecular weight excluding hydrogens is 369 g/mol. The molecule has 154 valence electrons. The second-order valence-electron chi connectivity index (χ2n) is 7.97. The third kappa shape index (κ3) is 4.08. The maximum Gasteiger partial charge on any atom is 0.254 e. The fourth-order valence-corrected chi connectivity index (χ4v) is 4.50. The first-order valence-electron chi connectivity index (χ1n) is 10.4. The molecule has 0 saturated carbocycles. The molecule has 2 aliphatic heterocycles. The lowest BCUT2D eigenvalue weighted by Gasteiger charge is -2.44.